The molecule has 3 nitrogen and oxygen atoms in total. The first-order valence-electron chi connectivity index (χ1n) is 6.60. The summed E-state index contributed by atoms with van der Waals surface area (Å²) in [6.07, 6.45) is 1.00. The molecule has 0 aliphatic carbocycles. The summed E-state index contributed by atoms with van der Waals surface area (Å²) < 4.78 is 5.79. The van der Waals surface area contributed by atoms with E-state index in [1.165, 1.54) is 5.56 Å². The maximum atomic E-state index is 5.97. The Morgan fingerprint density at radius 1 is 1.16 bits per heavy atom. The van der Waals surface area contributed by atoms with E-state index in [1.807, 2.05) is 30.3 Å². The highest BCUT2D eigenvalue weighted by Crippen LogP contribution is 2.36. The lowest BCUT2D eigenvalue weighted by Gasteiger charge is -2.24. The van der Waals surface area contributed by atoms with Gasteiger partial charge in [-0.15, -0.1) is 0 Å². The molecule has 3 heteroatoms. The van der Waals surface area contributed by atoms with Crippen molar-refractivity contribution in [2.75, 3.05) is 23.8 Å². The van der Waals surface area contributed by atoms with E-state index in [0.29, 0.717) is 0 Å². The molecule has 2 aromatic rings. The van der Waals surface area contributed by atoms with E-state index in [9.17, 15) is 0 Å². The Hall–Kier alpha value is -2.16. The Morgan fingerprint density at radius 2 is 2.00 bits per heavy atom. The molecule has 0 aromatic heterocycles. The highest BCUT2D eigenvalue weighted by Gasteiger charge is 2.17. The van der Waals surface area contributed by atoms with Crippen molar-refractivity contribution in [1.29, 1.82) is 0 Å². The molecule has 0 radical (unpaired) electrons. The molecule has 1 aliphatic heterocycles. The summed E-state index contributed by atoms with van der Waals surface area (Å²) >= 11 is 0. The number of nitrogens with zero attached hydrogens (tertiary/aromatic N) is 1. The predicted molar refractivity (Wildman–Crippen MR) is 79.2 cm³/mol. The van der Waals surface area contributed by atoms with Gasteiger partial charge in [-0.1, -0.05) is 12.1 Å². The summed E-state index contributed by atoms with van der Waals surface area (Å²) in [6, 6.07) is 14.3. The first-order chi connectivity index (χ1) is 9.24. The van der Waals surface area contributed by atoms with Gasteiger partial charge < -0.3 is 15.4 Å². The van der Waals surface area contributed by atoms with Crippen LogP contribution in [0.1, 0.15) is 12.0 Å². The van der Waals surface area contributed by atoms with Gasteiger partial charge >= 0.3 is 0 Å². The molecule has 1 heterocycles. The highest BCUT2D eigenvalue weighted by molar-refractivity contribution is 5.72. The number of anilines is 3. The molecule has 19 heavy (non-hydrogen) atoms. The van der Waals surface area contributed by atoms with Crippen LogP contribution in [-0.4, -0.2) is 13.2 Å². The zero-order valence-corrected chi connectivity index (χ0v) is 11.1. The average molecular weight is 254 g/mol. The van der Waals surface area contributed by atoms with Gasteiger partial charge in [0.1, 0.15) is 5.75 Å². The lowest BCUT2D eigenvalue weighted by atomic mass is 10.1. The van der Waals surface area contributed by atoms with E-state index in [4.69, 9.17) is 10.5 Å². The average Bonchev–Trinajstić information content (AvgIpc) is 2.59. The number of para-hydroxylation sites is 2. The van der Waals surface area contributed by atoms with E-state index >= 15 is 0 Å². The number of ether oxygens (including phenoxy) is 1. The number of rotatable bonds is 1. The predicted octanol–water partition coefficient (Wildman–Crippen LogP) is 3.50. The summed E-state index contributed by atoms with van der Waals surface area (Å²) in [6.45, 7) is 3.77. The second kappa shape index (κ2) is 4.84. The first-order valence-corrected chi connectivity index (χ1v) is 6.60. The zero-order valence-electron chi connectivity index (χ0n) is 11.1. The molecular formula is C16H18N2O. The molecule has 0 unspecified atom stereocenters. The van der Waals surface area contributed by atoms with Crippen LogP contribution in [0, 0.1) is 6.92 Å². The second-order valence-corrected chi connectivity index (χ2v) is 4.92. The lowest BCUT2D eigenvalue weighted by Crippen LogP contribution is -2.17. The third-order valence-electron chi connectivity index (χ3n) is 3.34. The fraction of sp³-hybridized carbons (Fsp3) is 0.250. The van der Waals surface area contributed by atoms with Crippen molar-refractivity contribution in [1.82, 2.24) is 0 Å². The van der Waals surface area contributed by atoms with Crippen LogP contribution in [0.3, 0.4) is 0 Å². The molecule has 2 aromatic carbocycles. The van der Waals surface area contributed by atoms with Gasteiger partial charge in [0.05, 0.1) is 12.3 Å². The number of nitrogens with two attached hydrogens (primary N) is 1. The minimum atomic E-state index is 0.759. The molecule has 0 atom stereocenters. The standard InChI is InChI=1S/C16H18N2O/c1-12-9-13(17)11-14(10-12)18-7-4-8-19-16-6-3-2-5-15(16)18/h2-3,5-6,9-11H,4,7-8,17H2,1H3. The van der Waals surface area contributed by atoms with E-state index < -0.39 is 0 Å². The summed E-state index contributed by atoms with van der Waals surface area (Å²) in [7, 11) is 0. The van der Waals surface area contributed by atoms with E-state index in [1.54, 1.807) is 0 Å². The topological polar surface area (TPSA) is 38.5 Å². The Kier molecular flexibility index (Phi) is 3.03. The first kappa shape index (κ1) is 11.9. The smallest absolute Gasteiger partial charge is 0.142 e. The van der Waals surface area contributed by atoms with Crippen molar-refractivity contribution in [3.05, 3.63) is 48.0 Å². The second-order valence-electron chi connectivity index (χ2n) is 4.92. The number of fused-ring (bicyclic) bond motifs is 1. The van der Waals surface area contributed by atoms with Crippen LogP contribution in [0.15, 0.2) is 42.5 Å². The van der Waals surface area contributed by atoms with Gasteiger partial charge in [0, 0.05) is 17.9 Å². The van der Waals surface area contributed by atoms with Gasteiger partial charge in [0.2, 0.25) is 0 Å². The Bertz CT molecular complexity index is 575. The third-order valence-corrected chi connectivity index (χ3v) is 3.34. The van der Waals surface area contributed by atoms with E-state index in [0.717, 1.165) is 42.4 Å². The molecule has 1 aliphatic rings. The van der Waals surface area contributed by atoms with Gasteiger partial charge in [0.15, 0.2) is 0 Å². The quantitative estimate of drug-likeness (QED) is 0.792. The van der Waals surface area contributed by atoms with Crippen molar-refractivity contribution in [2.24, 2.45) is 0 Å². The van der Waals surface area contributed by atoms with E-state index in [2.05, 4.69) is 24.0 Å². The van der Waals surface area contributed by atoms with Crippen LogP contribution in [-0.2, 0) is 0 Å². The van der Waals surface area contributed by atoms with Crippen molar-refractivity contribution in [2.45, 2.75) is 13.3 Å². The molecule has 0 bridgehead atoms. The van der Waals surface area contributed by atoms with Crippen molar-refractivity contribution in [3.8, 4) is 5.75 Å². The normalized spacial score (nSPS) is 14.5. The number of aryl methyl sites for hydroxylation is 1. The monoisotopic (exact) mass is 254 g/mol. The van der Waals surface area contributed by atoms with Gasteiger partial charge in [-0.05, 0) is 49.2 Å². The molecule has 2 N–H and O–H groups in total. The maximum Gasteiger partial charge on any atom is 0.142 e. The molecule has 0 fully saturated rings. The summed E-state index contributed by atoms with van der Waals surface area (Å²) in [5, 5.41) is 0. The molecule has 3 rings (SSSR count). The number of benzene rings is 2. The molecule has 0 saturated heterocycles. The van der Waals surface area contributed by atoms with Crippen LogP contribution in [0.25, 0.3) is 0 Å². The summed E-state index contributed by atoms with van der Waals surface area (Å²) in [4.78, 5) is 2.28. The minimum Gasteiger partial charge on any atom is -0.491 e. The Morgan fingerprint density at radius 3 is 2.84 bits per heavy atom. The van der Waals surface area contributed by atoms with Crippen molar-refractivity contribution >= 4 is 17.1 Å². The van der Waals surface area contributed by atoms with Gasteiger partial charge in [0.25, 0.3) is 0 Å². The third kappa shape index (κ3) is 2.36. The number of hydrogen-bond donors (Lipinski definition) is 1. The molecule has 0 spiro atoms. The van der Waals surface area contributed by atoms with Crippen LogP contribution < -0.4 is 15.4 Å². The van der Waals surface area contributed by atoms with Crippen molar-refractivity contribution < 1.29 is 4.74 Å². The van der Waals surface area contributed by atoms with Gasteiger partial charge in [-0.3, -0.25) is 0 Å². The SMILES string of the molecule is Cc1cc(N)cc(N2CCCOc3ccccc32)c1. The molecular weight excluding hydrogens is 236 g/mol. The highest BCUT2D eigenvalue weighted by atomic mass is 16.5. The molecule has 0 amide bonds. The Balaban J connectivity index is 2.09. The fourth-order valence-corrected chi connectivity index (χ4v) is 2.54. The fourth-order valence-electron chi connectivity index (χ4n) is 2.54. The largest absolute Gasteiger partial charge is 0.491 e. The van der Waals surface area contributed by atoms with Gasteiger partial charge in [-0.2, -0.15) is 0 Å². The summed E-state index contributed by atoms with van der Waals surface area (Å²) in [5.74, 6) is 0.945. The van der Waals surface area contributed by atoms with E-state index in [-0.39, 0.29) is 0 Å². The lowest BCUT2D eigenvalue weighted by molar-refractivity contribution is 0.322. The maximum absolute atomic E-state index is 5.97. The number of nitrogen functional groups attached to an aromatic ring is 1. The van der Waals surface area contributed by atoms with Crippen LogP contribution >= 0.6 is 0 Å². The van der Waals surface area contributed by atoms with Crippen molar-refractivity contribution in [3.63, 3.8) is 0 Å². The zero-order chi connectivity index (χ0) is 13.2. The molecule has 98 valence electrons. The minimum absolute atomic E-state index is 0.759. The Labute approximate surface area is 113 Å². The summed E-state index contributed by atoms with van der Waals surface area (Å²) in [5.41, 5.74) is 10.2. The van der Waals surface area contributed by atoms with Gasteiger partial charge in [-0.25, -0.2) is 0 Å². The number of hydrogen-bond acceptors (Lipinski definition) is 3. The van der Waals surface area contributed by atoms with Crippen LogP contribution in [0.5, 0.6) is 5.75 Å². The van der Waals surface area contributed by atoms with Crippen LogP contribution in [0.2, 0.25) is 0 Å². The molecule has 0 saturated carbocycles. The van der Waals surface area contributed by atoms with Crippen LogP contribution in [0.4, 0.5) is 17.1 Å².